The molecule has 102 valence electrons. The fraction of sp³-hybridized carbons (Fsp3) is 0.182. The number of benzene rings is 1. The molecule has 0 unspecified atom stereocenters. The minimum Gasteiger partial charge on any atom is -0.397 e. The normalized spacial score (nSPS) is 11.5. The number of aromatic nitrogens is 2. The molecule has 8 heteroatoms. The Kier molecular flexibility index (Phi) is 3.43. The molecule has 0 atom stereocenters. The van der Waals surface area contributed by atoms with Gasteiger partial charge in [0.05, 0.1) is 17.7 Å². The van der Waals surface area contributed by atoms with Crippen molar-refractivity contribution >= 4 is 21.4 Å². The summed E-state index contributed by atoms with van der Waals surface area (Å²) in [6.45, 7) is 2.46. The summed E-state index contributed by atoms with van der Waals surface area (Å²) in [5.74, 6) is -0.578. The highest BCUT2D eigenvalue weighted by atomic mass is 32.2. The van der Waals surface area contributed by atoms with Gasteiger partial charge in [-0.1, -0.05) is 0 Å². The van der Waals surface area contributed by atoms with Crippen LogP contribution in [0, 0.1) is 5.82 Å². The first kappa shape index (κ1) is 13.3. The third-order valence-electron chi connectivity index (χ3n) is 2.51. The van der Waals surface area contributed by atoms with Gasteiger partial charge in [0.1, 0.15) is 5.82 Å². The van der Waals surface area contributed by atoms with E-state index >= 15 is 0 Å². The number of rotatable bonds is 4. The number of nitrogen functional groups attached to an aromatic ring is 1. The Balaban J connectivity index is 2.33. The first-order valence-electron chi connectivity index (χ1n) is 5.52. The summed E-state index contributed by atoms with van der Waals surface area (Å²) in [4.78, 5) is 3.78. The lowest BCUT2D eigenvalue weighted by Crippen LogP contribution is -2.14. The van der Waals surface area contributed by atoms with E-state index in [0.717, 1.165) is 12.1 Å². The van der Waals surface area contributed by atoms with Crippen LogP contribution in [0.1, 0.15) is 6.92 Å². The maximum Gasteiger partial charge on any atom is 0.281 e. The van der Waals surface area contributed by atoms with E-state index in [4.69, 9.17) is 5.73 Å². The molecule has 2 aromatic rings. The van der Waals surface area contributed by atoms with Gasteiger partial charge in [-0.2, -0.15) is 8.42 Å². The van der Waals surface area contributed by atoms with Crippen LogP contribution in [0.4, 0.5) is 15.8 Å². The molecular weight excluding hydrogens is 271 g/mol. The Morgan fingerprint density at radius 3 is 2.84 bits per heavy atom. The number of hydrogen-bond donors (Lipinski definition) is 2. The van der Waals surface area contributed by atoms with Crippen LogP contribution in [0.25, 0.3) is 0 Å². The van der Waals surface area contributed by atoms with Gasteiger partial charge in [-0.3, -0.25) is 4.72 Å². The summed E-state index contributed by atoms with van der Waals surface area (Å²) in [5.41, 5.74) is 5.72. The fourth-order valence-corrected chi connectivity index (χ4v) is 2.50. The molecule has 19 heavy (non-hydrogen) atoms. The van der Waals surface area contributed by atoms with E-state index in [9.17, 15) is 12.8 Å². The van der Waals surface area contributed by atoms with E-state index < -0.39 is 15.8 Å². The Hall–Kier alpha value is -2.09. The number of imidazole rings is 1. The van der Waals surface area contributed by atoms with Crippen molar-refractivity contribution in [1.82, 2.24) is 9.55 Å². The Morgan fingerprint density at radius 1 is 1.47 bits per heavy atom. The summed E-state index contributed by atoms with van der Waals surface area (Å²) in [5, 5.41) is -0.141. The van der Waals surface area contributed by atoms with Gasteiger partial charge < -0.3 is 10.3 Å². The predicted octanol–water partition coefficient (Wildman–Crippen LogP) is 1.43. The van der Waals surface area contributed by atoms with E-state index in [2.05, 4.69) is 9.71 Å². The molecule has 0 amide bonds. The molecule has 6 nitrogen and oxygen atoms in total. The van der Waals surface area contributed by atoms with E-state index in [0.29, 0.717) is 6.54 Å². The topological polar surface area (TPSA) is 90.0 Å². The van der Waals surface area contributed by atoms with Crippen molar-refractivity contribution < 1.29 is 12.8 Å². The standard InChI is InChI=1S/C11H13FN4O2S/c1-2-16-6-11(14-7-16)19(17,18)15-10-5-8(12)3-4-9(10)13/h3-7,15H,2,13H2,1H3. The monoisotopic (exact) mass is 284 g/mol. The number of anilines is 2. The summed E-state index contributed by atoms with van der Waals surface area (Å²) >= 11 is 0. The van der Waals surface area contributed by atoms with Gasteiger partial charge >= 0.3 is 0 Å². The van der Waals surface area contributed by atoms with Crippen molar-refractivity contribution in [2.24, 2.45) is 0 Å². The van der Waals surface area contributed by atoms with Gasteiger partial charge in [0.2, 0.25) is 0 Å². The van der Waals surface area contributed by atoms with Gasteiger partial charge in [0.15, 0.2) is 5.03 Å². The molecule has 0 radical (unpaired) electrons. The lowest BCUT2D eigenvalue weighted by Gasteiger charge is -2.08. The van der Waals surface area contributed by atoms with Crippen LogP contribution in [0.5, 0.6) is 0 Å². The number of nitrogens with two attached hydrogens (primary N) is 1. The lowest BCUT2D eigenvalue weighted by molar-refractivity contribution is 0.598. The molecule has 0 bridgehead atoms. The number of nitrogens with one attached hydrogen (secondary N) is 1. The summed E-state index contributed by atoms with van der Waals surface area (Å²) in [6, 6.07) is 3.46. The van der Waals surface area contributed by atoms with E-state index in [1.54, 1.807) is 4.57 Å². The molecule has 2 rings (SSSR count). The van der Waals surface area contributed by atoms with Crippen LogP contribution in [0.15, 0.2) is 35.7 Å². The average Bonchev–Trinajstić information content (AvgIpc) is 2.83. The fourth-order valence-electron chi connectivity index (χ4n) is 1.47. The van der Waals surface area contributed by atoms with Crippen molar-refractivity contribution in [2.45, 2.75) is 18.5 Å². The van der Waals surface area contributed by atoms with Crippen molar-refractivity contribution in [3.63, 3.8) is 0 Å². The van der Waals surface area contributed by atoms with Crippen LogP contribution in [0.2, 0.25) is 0 Å². The van der Waals surface area contributed by atoms with E-state index in [1.165, 1.54) is 18.6 Å². The highest BCUT2D eigenvalue weighted by Gasteiger charge is 2.18. The van der Waals surface area contributed by atoms with Gasteiger partial charge in [-0.25, -0.2) is 9.37 Å². The van der Waals surface area contributed by atoms with Gasteiger partial charge in [-0.05, 0) is 19.1 Å². The SMILES string of the molecule is CCn1cnc(S(=O)(=O)Nc2cc(F)ccc2N)c1. The second kappa shape index (κ2) is 4.88. The molecular formula is C11H13FN4O2S. The Morgan fingerprint density at radius 2 is 2.21 bits per heavy atom. The van der Waals surface area contributed by atoms with Crippen LogP contribution in [-0.2, 0) is 16.6 Å². The molecule has 1 aromatic heterocycles. The van der Waals surface area contributed by atoms with Crippen molar-refractivity contribution in [2.75, 3.05) is 10.5 Å². The smallest absolute Gasteiger partial charge is 0.281 e. The van der Waals surface area contributed by atoms with Crippen LogP contribution in [-0.4, -0.2) is 18.0 Å². The maximum absolute atomic E-state index is 13.1. The average molecular weight is 284 g/mol. The summed E-state index contributed by atoms with van der Waals surface area (Å²) in [6.07, 6.45) is 2.79. The first-order chi connectivity index (χ1) is 8.92. The number of nitrogens with zero attached hydrogens (tertiary/aromatic N) is 2. The minimum absolute atomic E-state index is 0.00829. The second-order valence-electron chi connectivity index (χ2n) is 3.88. The Bertz CT molecular complexity index is 696. The first-order valence-corrected chi connectivity index (χ1v) is 7.00. The lowest BCUT2D eigenvalue weighted by atomic mass is 10.3. The molecule has 1 heterocycles. The molecule has 0 saturated carbocycles. The van der Waals surface area contributed by atoms with Crippen LogP contribution >= 0.6 is 0 Å². The number of hydrogen-bond acceptors (Lipinski definition) is 4. The Labute approximate surface area is 110 Å². The zero-order chi connectivity index (χ0) is 14.0. The minimum atomic E-state index is -3.87. The van der Waals surface area contributed by atoms with Crippen molar-refractivity contribution in [3.05, 3.63) is 36.5 Å². The van der Waals surface area contributed by atoms with Crippen LogP contribution in [0.3, 0.4) is 0 Å². The van der Waals surface area contributed by atoms with Gasteiger partial charge in [-0.15, -0.1) is 0 Å². The molecule has 0 saturated heterocycles. The predicted molar refractivity (Wildman–Crippen MR) is 69.5 cm³/mol. The van der Waals surface area contributed by atoms with Crippen molar-refractivity contribution in [3.8, 4) is 0 Å². The molecule has 0 aliphatic heterocycles. The number of sulfonamides is 1. The quantitative estimate of drug-likeness (QED) is 0.831. The zero-order valence-electron chi connectivity index (χ0n) is 10.2. The summed E-state index contributed by atoms with van der Waals surface area (Å²) in [7, 11) is -3.87. The van der Waals surface area contributed by atoms with Crippen LogP contribution < -0.4 is 10.5 Å². The van der Waals surface area contributed by atoms with Gasteiger partial charge in [0.25, 0.3) is 10.0 Å². The maximum atomic E-state index is 13.1. The number of halogens is 1. The molecule has 0 aliphatic rings. The molecule has 1 aromatic carbocycles. The molecule has 0 fully saturated rings. The highest BCUT2D eigenvalue weighted by Crippen LogP contribution is 2.22. The molecule has 3 N–H and O–H groups in total. The third kappa shape index (κ3) is 2.84. The highest BCUT2D eigenvalue weighted by molar-refractivity contribution is 7.92. The largest absolute Gasteiger partial charge is 0.397 e. The molecule has 0 spiro atoms. The second-order valence-corrected chi connectivity index (χ2v) is 5.51. The third-order valence-corrected chi connectivity index (χ3v) is 3.76. The zero-order valence-corrected chi connectivity index (χ0v) is 11.0. The summed E-state index contributed by atoms with van der Waals surface area (Å²) < 4.78 is 41.0. The van der Waals surface area contributed by atoms with E-state index in [1.807, 2.05) is 6.92 Å². The molecule has 0 aliphatic carbocycles. The van der Waals surface area contributed by atoms with Gasteiger partial charge in [0, 0.05) is 18.8 Å². The van der Waals surface area contributed by atoms with E-state index in [-0.39, 0.29) is 16.4 Å². The van der Waals surface area contributed by atoms with Crippen molar-refractivity contribution in [1.29, 1.82) is 0 Å². The number of aryl methyl sites for hydroxylation is 1.